The molecule has 0 atom stereocenters. The fraction of sp³-hybridized carbons (Fsp3) is 0.385. The van der Waals surface area contributed by atoms with Crippen molar-refractivity contribution in [2.45, 2.75) is 26.4 Å². The highest BCUT2D eigenvalue weighted by Crippen LogP contribution is 2.15. The van der Waals surface area contributed by atoms with Gasteiger partial charge in [0.2, 0.25) is 0 Å². The summed E-state index contributed by atoms with van der Waals surface area (Å²) in [5.41, 5.74) is 2.05. The molecule has 0 aliphatic rings. The summed E-state index contributed by atoms with van der Waals surface area (Å²) in [5.74, 6) is -0.695. The van der Waals surface area contributed by atoms with Gasteiger partial charge in [0.1, 0.15) is 13.2 Å². The number of alkyl carbamates (subject to hydrolysis) is 1. The van der Waals surface area contributed by atoms with Crippen molar-refractivity contribution in [2.75, 3.05) is 6.54 Å². The summed E-state index contributed by atoms with van der Waals surface area (Å²) in [6, 6.07) is 7.74. The van der Waals surface area contributed by atoms with Crippen LogP contribution in [0, 0.1) is 0 Å². The van der Waals surface area contributed by atoms with Crippen LogP contribution in [-0.2, 0) is 16.1 Å². The van der Waals surface area contributed by atoms with E-state index < -0.39 is 18.6 Å². The van der Waals surface area contributed by atoms with Crippen molar-refractivity contribution < 1.29 is 19.4 Å². The minimum absolute atomic E-state index is 0.131. The normalized spacial score (nSPS) is 10.2. The van der Waals surface area contributed by atoms with Crippen molar-refractivity contribution in [1.29, 1.82) is 0 Å². The van der Waals surface area contributed by atoms with Crippen LogP contribution in [0.5, 0.6) is 0 Å². The van der Waals surface area contributed by atoms with Gasteiger partial charge in [0.15, 0.2) is 0 Å². The zero-order valence-corrected chi connectivity index (χ0v) is 10.5. The van der Waals surface area contributed by atoms with Crippen LogP contribution in [-0.4, -0.2) is 23.7 Å². The zero-order chi connectivity index (χ0) is 13.5. The number of aliphatic carboxylic acids is 1. The number of carbonyl (C=O) groups excluding carboxylic acids is 1. The van der Waals surface area contributed by atoms with E-state index in [9.17, 15) is 9.59 Å². The second-order valence-corrected chi connectivity index (χ2v) is 4.22. The predicted octanol–water partition coefficient (Wildman–Crippen LogP) is 2.12. The molecule has 18 heavy (non-hydrogen) atoms. The van der Waals surface area contributed by atoms with Gasteiger partial charge >= 0.3 is 12.1 Å². The quantitative estimate of drug-likeness (QED) is 0.840. The summed E-state index contributed by atoms with van der Waals surface area (Å²) in [5, 5.41) is 10.5. The molecule has 2 N–H and O–H groups in total. The van der Waals surface area contributed by atoms with E-state index in [1.54, 1.807) is 0 Å². The zero-order valence-electron chi connectivity index (χ0n) is 10.5. The SMILES string of the molecule is CC(C)c1cccc(COC(=O)NCC(=O)O)c1. The molecule has 0 aliphatic heterocycles. The van der Waals surface area contributed by atoms with E-state index in [0.29, 0.717) is 5.92 Å². The lowest BCUT2D eigenvalue weighted by Gasteiger charge is -2.09. The maximum absolute atomic E-state index is 11.1. The van der Waals surface area contributed by atoms with Crippen LogP contribution in [0.1, 0.15) is 30.9 Å². The van der Waals surface area contributed by atoms with Crippen LogP contribution in [0.25, 0.3) is 0 Å². The Bertz CT molecular complexity index is 429. The Hall–Kier alpha value is -2.04. The average molecular weight is 251 g/mol. The lowest BCUT2D eigenvalue weighted by atomic mass is 10.0. The maximum atomic E-state index is 11.1. The molecule has 0 saturated heterocycles. The molecule has 1 rings (SSSR count). The number of ether oxygens (including phenoxy) is 1. The second-order valence-electron chi connectivity index (χ2n) is 4.22. The minimum atomic E-state index is -1.10. The molecule has 0 fully saturated rings. The van der Waals surface area contributed by atoms with E-state index in [2.05, 4.69) is 19.2 Å². The van der Waals surface area contributed by atoms with Gasteiger partial charge in [-0.05, 0) is 17.0 Å². The van der Waals surface area contributed by atoms with Crippen molar-refractivity contribution in [1.82, 2.24) is 5.32 Å². The van der Waals surface area contributed by atoms with Crippen LogP contribution in [0.3, 0.4) is 0 Å². The van der Waals surface area contributed by atoms with Crippen LogP contribution in [0.2, 0.25) is 0 Å². The Morgan fingerprint density at radius 2 is 2.11 bits per heavy atom. The third-order valence-corrected chi connectivity index (χ3v) is 2.37. The number of rotatable bonds is 5. The fourth-order valence-electron chi connectivity index (χ4n) is 1.39. The highest BCUT2D eigenvalue weighted by molar-refractivity contribution is 5.76. The topological polar surface area (TPSA) is 75.6 Å². The molecule has 0 heterocycles. The number of benzene rings is 1. The third-order valence-electron chi connectivity index (χ3n) is 2.37. The Morgan fingerprint density at radius 3 is 2.72 bits per heavy atom. The molecule has 0 spiro atoms. The summed E-state index contributed by atoms with van der Waals surface area (Å²) in [4.78, 5) is 21.4. The number of carboxylic acid groups (broad SMARTS) is 1. The largest absolute Gasteiger partial charge is 0.480 e. The van der Waals surface area contributed by atoms with Gasteiger partial charge in [0, 0.05) is 0 Å². The van der Waals surface area contributed by atoms with Crippen molar-refractivity contribution in [2.24, 2.45) is 0 Å². The second kappa shape index (κ2) is 6.64. The molecular formula is C13H17NO4. The first-order valence-corrected chi connectivity index (χ1v) is 5.70. The average Bonchev–Trinajstić information content (AvgIpc) is 2.34. The number of carbonyl (C=O) groups is 2. The fourth-order valence-corrected chi connectivity index (χ4v) is 1.39. The number of carboxylic acids is 1. The summed E-state index contributed by atoms with van der Waals surface area (Å²) >= 11 is 0. The number of hydrogen-bond donors (Lipinski definition) is 2. The minimum Gasteiger partial charge on any atom is -0.480 e. The molecule has 1 amide bonds. The lowest BCUT2D eigenvalue weighted by Crippen LogP contribution is -2.29. The van der Waals surface area contributed by atoms with Crippen molar-refractivity contribution in [3.05, 3.63) is 35.4 Å². The standard InChI is InChI=1S/C13H17NO4/c1-9(2)11-5-3-4-10(6-11)8-18-13(17)14-7-12(15)16/h3-6,9H,7-8H2,1-2H3,(H,14,17)(H,15,16). The number of nitrogens with one attached hydrogen (secondary N) is 1. The Kier molecular flexibility index (Phi) is 5.17. The molecule has 1 aromatic carbocycles. The van der Waals surface area contributed by atoms with Crippen LogP contribution in [0.15, 0.2) is 24.3 Å². The highest BCUT2D eigenvalue weighted by atomic mass is 16.5. The van der Waals surface area contributed by atoms with Crippen LogP contribution in [0.4, 0.5) is 4.79 Å². The summed E-state index contributed by atoms with van der Waals surface area (Å²) in [6.07, 6.45) is -0.729. The van der Waals surface area contributed by atoms with Crippen molar-refractivity contribution >= 4 is 12.1 Å². The molecule has 0 unspecified atom stereocenters. The first-order chi connectivity index (χ1) is 8.49. The van der Waals surface area contributed by atoms with Crippen molar-refractivity contribution in [3.8, 4) is 0 Å². The molecule has 1 aromatic rings. The Morgan fingerprint density at radius 1 is 1.39 bits per heavy atom. The van der Waals surface area contributed by atoms with E-state index >= 15 is 0 Å². The molecule has 0 aliphatic carbocycles. The summed E-state index contributed by atoms with van der Waals surface area (Å²) in [6.45, 7) is 3.86. The highest BCUT2D eigenvalue weighted by Gasteiger charge is 2.06. The smallest absolute Gasteiger partial charge is 0.407 e. The third kappa shape index (κ3) is 4.86. The molecule has 0 bridgehead atoms. The molecule has 0 radical (unpaired) electrons. The van der Waals surface area contributed by atoms with Gasteiger partial charge in [-0.1, -0.05) is 38.1 Å². The first kappa shape index (κ1) is 14.0. The van der Waals surface area contributed by atoms with Gasteiger partial charge < -0.3 is 15.2 Å². The molecule has 5 heteroatoms. The van der Waals surface area contributed by atoms with Gasteiger partial charge in [-0.25, -0.2) is 4.79 Å². The van der Waals surface area contributed by atoms with Crippen molar-refractivity contribution in [3.63, 3.8) is 0 Å². The van der Waals surface area contributed by atoms with E-state index in [1.165, 1.54) is 5.56 Å². The molecule has 5 nitrogen and oxygen atoms in total. The van der Waals surface area contributed by atoms with Crippen LogP contribution < -0.4 is 5.32 Å². The van der Waals surface area contributed by atoms with Crippen LogP contribution >= 0.6 is 0 Å². The molecule has 0 aromatic heterocycles. The van der Waals surface area contributed by atoms with E-state index in [0.717, 1.165) is 5.56 Å². The van der Waals surface area contributed by atoms with E-state index in [-0.39, 0.29) is 6.61 Å². The van der Waals surface area contributed by atoms with Gasteiger partial charge in [0.05, 0.1) is 0 Å². The summed E-state index contributed by atoms with van der Waals surface area (Å²) in [7, 11) is 0. The van der Waals surface area contributed by atoms with Gasteiger partial charge in [-0.15, -0.1) is 0 Å². The maximum Gasteiger partial charge on any atom is 0.407 e. The summed E-state index contributed by atoms with van der Waals surface area (Å²) < 4.78 is 4.90. The Balaban J connectivity index is 2.45. The number of hydrogen-bond acceptors (Lipinski definition) is 3. The monoisotopic (exact) mass is 251 g/mol. The molecule has 0 saturated carbocycles. The Labute approximate surface area is 106 Å². The predicted molar refractivity (Wildman–Crippen MR) is 66.4 cm³/mol. The molecular weight excluding hydrogens is 234 g/mol. The van der Waals surface area contributed by atoms with E-state index in [4.69, 9.17) is 9.84 Å². The first-order valence-electron chi connectivity index (χ1n) is 5.70. The van der Waals surface area contributed by atoms with Gasteiger partial charge in [0.25, 0.3) is 0 Å². The number of amides is 1. The molecule has 98 valence electrons. The van der Waals surface area contributed by atoms with Gasteiger partial charge in [-0.3, -0.25) is 4.79 Å². The lowest BCUT2D eigenvalue weighted by molar-refractivity contribution is -0.135. The van der Waals surface area contributed by atoms with Gasteiger partial charge in [-0.2, -0.15) is 0 Å². The van der Waals surface area contributed by atoms with E-state index in [1.807, 2.05) is 24.3 Å².